The van der Waals surface area contributed by atoms with Crippen molar-refractivity contribution >= 4 is 39.3 Å². The standard InChI is InChI=1S/C38H45N3O5S2/c1-5-7-24-39-38(43)36(26-30-13-9-8-10-14-30)40(27-31-15-11-12-29(3)25-31)37(42)28-41(32-16-18-33(19-17-32)46-6-2)48(44,45)35-22-20-34(47-4)21-23-35/h8-23,25,36H,5-7,24,26-28H2,1-4H3,(H,39,43)/t36-/m0/s1. The van der Waals surface area contributed by atoms with E-state index in [1.54, 1.807) is 48.5 Å². The molecule has 0 saturated carbocycles. The highest BCUT2D eigenvalue weighted by Crippen LogP contribution is 2.28. The van der Waals surface area contributed by atoms with Gasteiger partial charge < -0.3 is 15.0 Å². The number of carbonyl (C=O) groups excluding carboxylic acids is 2. The molecule has 0 aliphatic heterocycles. The SMILES string of the molecule is CCCCNC(=O)[C@H](Cc1ccccc1)N(Cc1cccc(C)c1)C(=O)CN(c1ccc(OCC)cc1)S(=O)(=O)c1ccc(SC)cc1. The molecule has 1 atom stereocenters. The number of thioether (sulfide) groups is 1. The molecule has 0 unspecified atom stereocenters. The average molecular weight is 688 g/mol. The van der Waals surface area contributed by atoms with E-state index < -0.39 is 28.5 Å². The molecule has 0 radical (unpaired) electrons. The van der Waals surface area contributed by atoms with E-state index >= 15 is 0 Å². The van der Waals surface area contributed by atoms with Crippen molar-refractivity contribution in [3.63, 3.8) is 0 Å². The molecule has 0 aliphatic rings. The summed E-state index contributed by atoms with van der Waals surface area (Å²) in [4.78, 5) is 31.1. The van der Waals surface area contributed by atoms with Crippen LogP contribution in [0.25, 0.3) is 0 Å². The van der Waals surface area contributed by atoms with Gasteiger partial charge in [-0.25, -0.2) is 8.42 Å². The van der Waals surface area contributed by atoms with Crippen LogP contribution in [0.4, 0.5) is 5.69 Å². The molecule has 4 rings (SSSR count). The smallest absolute Gasteiger partial charge is 0.264 e. The van der Waals surface area contributed by atoms with Crippen LogP contribution in [0.2, 0.25) is 0 Å². The number of hydrogen-bond acceptors (Lipinski definition) is 6. The number of sulfonamides is 1. The monoisotopic (exact) mass is 687 g/mol. The molecule has 0 fully saturated rings. The van der Waals surface area contributed by atoms with Crippen molar-refractivity contribution in [2.75, 3.05) is 30.3 Å². The Labute approximate surface area is 289 Å². The van der Waals surface area contributed by atoms with Crippen LogP contribution in [0.1, 0.15) is 43.4 Å². The van der Waals surface area contributed by atoms with Crippen molar-refractivity contribution in [2.45, 2.75) is 62.4 Å². The van der Waals surface area contributed by atoms with Crippen LogP contribution in [-0.4, -0.2) is 57.1 Å². The van der Waals surface area contributed by atoms with Gasteiger partial charge in [0.05, 0.1) is 17.2 Å². The van der Waals surface area contributed by atoms with Crippen LogP contribution in [-0.2, 0) is 32.6 Å². The zero-order valence-electron chi connectivity index (χ0n) is 28.1. The number of anilines is 1. The molecule has 254 valence electrons. The van der Waals surface area contributed by atoms with E-state index in [0.717, 1.165) is 38.7 Å². The number of hydrogen-bond donors (Lipinski definition) is 1. The van der Waals surface area contributed by atoms with Crippen LogP contribution < -0.4 is 14.4 Å². The number of amides is 2. The molecule has 10 heteroatoms. The first kappa shape index (κ1) is 36.6. The molecule has 8 nitrogen and oxygen atoms in total. The maximum Gasteiger partial charge on any atom is 0.264 e. The number of unbranched alkanes of at least 4 members (excludes halogenated alkanes) is 1. The first-order valence-corrected chi connectivity index (χ1v) is 18.9. The fourth-order valence-corrected chi connectivity index (χ4v) is 7.17. The summed E-state index contributed by atoms with van der Waals surface area (Å²) in [5.41, 5.74) is 3.05. The van der Waals surface area contributed by atoms with Gasteiger partial charge in [0.25, 0.3) is 10.0 Å². The number of benzene rings is 4. The van der Waals surface area contributed by atoms with Crippen LogP contribution >= 0.6 is 11.8 Å². The highest BCUT2D eigenvalue weighted by molar-refractivity contribution is 7.98. The third kappa shape index (κ3) is 9.87. The van der Waals surface area contributed by atoms with Gasteiger partial charge in [-0.3, -0.25) is 13.9 Å². The van der Waals surface area contributed by atoms with Crippen molar-refractivity contribution in [3.8, 4) is 5.75 Å². The van der Waals surface area contributed by atoms with Gasteiger partial charge in [0.1, 0.15) is 18.3 Å². The summed E-state index contributed by atoms with van der Waals surface area (Å²) in [5, 5.41) is 3.03. The minimum Gasteiger partial charge on any atom is -0.494 e. The molecule has 4 aromatic carbocycles. The normalized spacial score (nSPS) is 11.8. The molecule has 48 heavy (non-hydrogen) atoms. The van der Waals surface area contributed by atoms with Crippen LogP contribution in [0, 0.1) is 6.92 Å². The Hall–Kier alpha value is -4.28. The van der Waals surface area contributed by atoms with Gasteiger partial charge in [-0.2, -0.15) is 0 Å². The first-order chi connectivity index (χ1) is 23.2. The van der Waals surface area contributed by atoms with Crippen molar-refractivity contribution in [1.82, 2.24) is 10.2 Å². The van der Waals surface area contributed by atoms with Gasteiger partial charge >= 0.3 is 0 Å². The van der Waals surface area contributed by atoms with E-state index in [2.05, 4.69) is 5.32 Å². The average Bonchev–Trinajstić information content (AvgIpc) is 3.09. The van der Waals surface area contributed by atoms with Crippen molar-refractivity contribution in [2.24, 2.45) is 0 Å². The lowest BCUT2D eigenvalue weighted by molar-refractivity contribution is -0.140. The molecule has 0 aliphatic carbocycles. The second-order valence-corrected chi connectivity index (χ2v) is 14.2. The number of carbonyl (C=O) groups is 2. The van der Waals surface area contributed by atoms with Gasteiger partial charge in [0.15, 0.2) is 0 Å². The van der Waals surface area contributed by atoms with E-state index in [-0.39, 0.29) is 23.8 Å². The second-order valence-electron chi connectivity index (χ2n) is 11.5. The minimum absolute atomic E-state index is 0.0605. The van der Waals surface area contributed by atoms with Crippen LogP contribution in [0.15, 0.2) is 113 Å². The highest BCUT2D eigenvalue weighted by atomic mass is 32.2. The number of nitrogens with one attached hydrogen (secondary N) is 1. The lowest BCUT2D eigenvalue weighted by Gasteiger charge is -2.34. The molecule has 0 bridgehead atoms. The Morgan fingerprint density at radius 2 is 1.56 bits per heavy atom. The molecule has 0 heterocycles. The summed E-state index contributed by atoms with van der Waals surface area (Å²) in [6, 6.07) is 29.7. The molecule has 1 N–H and O–H groups in total. The van der Waals surface area contributed by atoms with Crippen LogP contribution in [0.3, 0.4) is 0 Å². The topological polar surface area (TPSA) is 96.0 Å². The van der Waals surface area contributed by atoms with E-state index in [1.165, 1.54) is 16.7 Å². The third-order valence-electron chi connectivity index (χ3n) is 7.90. The Morgan fingerprint density at radius 3 is 2.19 bits per heavy atom. The molecular formula is C38H45N3O5S2. The van der Waals surface area contributed by atoms with E-state index in [0.29, 0.717) is 24.6 Å². The number of ether oxygens (including phenoxy) is 1. The van der Waals surface area contributed by atoms with Crippen molar-refractivity contribution in [3.05, 3.63) is 120 Å². The summed E-state index contributed by atoms with van der Waals surface area (Å²) < 4.78 is 35.3. The van der Waals surface area contributed by atoms with Gasteiger partial charge in [0, 0.05) is 24.4 Å². The molecule has 4 aromatic rings. The van der Waals surface area contributed by atoms with E-state index in [9.17, 15) is 18.0 Å². The molecular weight excluding hydrogens is 643 g/mol. The fourth-order valence-electron chi connectivity index (χ4n) is 5.35. The van der Waals surface area contributed by atoms with Crippen LogP contribution in [0.5, 0.6) is 5.75 Å². The maximum atomic E-state index is 14.6. The summed E-state index contributed by atoms with van der Waals surface area (Å²) in [7, 11) is -4.20. The van der Waals surface area contributed by atoms with Gasteiger partial charge in [-0.1, -0.05) is 73.5 Å². The first-order valence-electron chi connectivity index (χ1n) is 16.2. The largest absolute Gasteiger partial charge is 0.494 e. The Kier molecular flexibility index (Phi) is 13.5. The third-order valence-corrected chi connectivity index (χ3v) is 10.4. The maximum absolute atomic E-state index is 14.6. The van der Waals surface area contributed by atoms with Crippen molar-refractivity contribution < 1.29 is 22.7 Å². The minimum atomic E-state index is -4.20. The molecule has 2 amide bonds. The van der Waals surface area contributed by atoms with E-state index in [1.807, 2.05) is 81.6 Å². The predicted molar refractivity (Wildman–Crippen MR) is 194 cm³/mol. The number of rotatable bonds is 17. The molecule has 0 aromatic heterocycles. The second kappa shape index (κ2) is 17.8. The lowest BCUT2D eigenvalue weighted by Crippen LogP contribution is -2.53. The predicted octanol–water partition coefficient (Wildman–Crippen LogP) is 6.87. The zero-order valence-corrected chi connectivity index (χ0v) is 29.7. The molecule has 0 spiro atoms. The number of aryl methyl sites for hydroxylation is 1. The Morgan fingerprint density at radius 1 is 0.875 bits per heavy atom. The van der Waals surface area contributed by atoms with Gasteiger partial charge in [0.2, 0.25) is 11.8 Å². The Bertz CT molecular complexity index is 1730. The molecule has 0 saturated heterocycles. The quantitative estimate of drug-likeness (QED) is 0.0962. The fraction of sp³-hybridized carbons (Fsp3) is 0.316. The van der Waals surface area contributed by atoms with E-state index in [4.69, 9.17) is 4.74 Å². The summed E-state index contributed by atoms with van der Waals surface area (Å²) in [6.07, 6.45) is 3.89. The zero-order chi connectivity index (χ0) is 34.5. The van der Waals surface area contributed by atoms with Gasteiger partial charge in [-0.15, -0.1) is 11.8 Å². The Balaban J connectivity index is 1.79. The highest BCUT2D eigenvalue weighted by Gasteiger charge is 2.34. The lowest BCUT2D eigenvalue weighted by atomic mass is 10.0. The van der Waals surface area contributed by atoms with Crippen molar-refractivity contribution in [1.29, 1.82) is 0 Å². The number of nitrogens with zero attached hydrogens (tertiary/aromatic N) is 2. The summed E-state index contributed by atoms with van der Waals surface area (Å²) >= 11 is 1.51. The summed E-state index contributed by atoms with van der Waals surface area (Å²) in [6.45, 7) is 6.43. The summed E-state index contributed by atoms with van der Waals surface area (Å²) in [5.74, 6) is -0.195. The van der Waals surface area contributed by atoms with Gasteiger partial charge in [-0.05, 0) is 86.2 Å².